The molecular weight excluding hydrogens is 736 g/mol. The maximum atomic E-state index is 14.1. The topological polar surface area (TPSA) is 157 Å². The zero-order chi connectivity index (χ0) is 39.5. The molecule has 5 fully saturated rings. The fourth-order valence-electron chi connectivity index (χ4n) is 11.1. The molecule has 302 valence electrons. The van der Waals surface area contributed by atoms with E-state index in [1.165, 1.54) is 60.7 Å². The fraction of sp³-hybridized carbons (Fsp3) is 0.500. The van der Waals surface area contributed by atoms with Crippen molar-refractivity contribution in [3.8, 4) is 17.0 Å². The number of rotatable bonds is 7. The van der Waals surface area contributed by atoms with Crippen LogP contribution in [0.15, 0.2) is 54.7 Å². The van der Waals surface area contributed by atoms with Gasteiger partial charge in [-0.05, 0) is 131 Å². The summed E-state index contributed by atoms with van der Waals surface area (Å²) in [7, 11) is 0. The molecular formula is C44H51FN10O3. The van der Waals surface area contributed by atoms with Crippen molar-refractivity contribution in [2.75, 3.05) is 53.2 Å². The molecule has 7 heterocycles. The third-order valence-electron chi connectivity index (χ3n) is 14.0. The number of piperidine rings is 2. The zero-order valence-corrected chi connectivity index (χ0v) is 32.8. The normalized spacial score (nSPS) is 26.6. The molecule has 4 aromatic rings. The first-order valence-corrected chi connectivity index (χ1v) is 21.2. The van der Waals surface area contributed by atoms with Crippen LogP contribution < -0.4 is 25.8 Å². The molecule has 1 saturated carbocycles. The Balaban J connectivity index is 0.751. The zero-order valence-electron chi connectivity index (χ0n) is 32.8. The molecule has 14 heteroatoms. The van der Waals surface area contributed by atoms with Crippen LogP contribution in [0, 0.1) is 5.82 Å². The van der Waals surface area contributed by atoms with Gasteiger partial charge in [-0.15, -0.1) is 10.2 Å². The molecule has 1 unspecified atom stereocenters. The van der Waals surface area contributed by atoms with Crippen LogP contribution in [0.5, 0.6) is 5.75 Å². The first kappa shape index (κ1) is 36.9. The number of likely N-dealkylation sites (tertiary alicyclic amines) is 1. The molecule has 2 aromatic heterocycles. The van der Waals surface area contributed by atoms with E-state index >= 15 is 0 Å². The summed E-state index contributed by atoms with van der Waals surface area (Å²) in [6.45, 7) is 4.46. The van der Waals surface area contributed by atoms with Gasteiger partial charge in [0.1, 0.15) is 17.6 Å². The number of piperazine rings is 1. The summed E-state index contributed by atoms with van der Waals surface area (Å²) in [4.78, 5) is 44.1. The number of phenolic OH excluding ortho intramolecular Hbond substituents is 1. The fourth-order valence-corrected chi connectivity index (χ4v) is 11.1. The van der Waals surface area contributed by atoms with Crippen LogP contribution in [0.25, 0.3) is 11.3 Å². The van der Waals surface area contributed by atoms with E-state index in [-0.39, 0.29) is 41.3 Å². The monoisotopic (exact) mass is 786 g/mol. The summed E-state index contributed by atoms with van der Waals surface area (Å²) in [5.41, 5.74) is 13.0. The number of aromatic nitrogens is 4. The van der Waals surface area contributed by atoms with E-state index in [1.54, 1.807) is 6.07 Å². The van der Waals surface area contributed by atoms with Gasteiger partial charge in [0.05, 0.1) is 11.4 Å². The number of nitrogens with zero attached hydrogens (tertiary/aromatic N) is 8. The predicted molar refractivity (Wildman–Crippen MR) is 219 cm³/mol. The Morgan fingerprint density at radius 1 is 0.793 bits per heavy atom. The molecule has 4 saturated heterocycles. The van der Waals surface area contributed by atoms with Gasteiger partial charge in [-0.2, -0.15) is 0 Å². The molecule has 58 heavy (non-hydrogen) atoms. The number of carbonyl (C=O) groups is 2. The maximum absolute atomic E-state index is 14.1. The molecule has 1 aliphatic carbocycles. The molecule has 2 amide bonds. The van der Waals surface area contributed by atoms with Crippen molar-refractivity contribution in [3.63, 3.8) is 0 Å². The van der Waals surface area contributed by atoms with E-state index in [2.05, 4.69) is 59.4 Å². The molecule has 2 bridgehead atoms. The van der Waals surface area contributed by atoms with Crippen LogP contribution in [0.3, 0.4) is 0 Å². The Bertz CT molecular complexity index is 2210. The maximum Gasteiger partial charge on any atom is 0.249 e. The second-order valence-corrected chi connectivity index (χ2v) is 17.2. The van der Waals surface area contributed by atoms with Gasteiger partial charge < -0.3 is 30.4 Å². The molecule has 13 nitrogen and oxygen atoms in total. The number of amides is 2. The molecule has 4 N–H and O–H groups in total. The van der Waals surface area contributed by atoms with Crippen LogP contribution in [-0.4, -0.2) is 98.9 Å². The highest BCUT2D eigenvalue weighted by atomic mass is 19.1. The third kappa shape index (κ3) is 6.78. The minimum absolute atomic E-state index is 0.0588. The van der Waals surface area contributed by atoms with Crippen molar-refractivity contribution in [1.29, 1.82) is 0 Å². The SMILES string of the molecule is Nc1nnc(-c2cc(F)ccc2O)cc1N1C[C@H]2CC[C@@H](C1)N2c1nccc(C2CCN([C@H]3CC[C@H](c4cccc5c4CCN5C4CCC(=O)NC4=O)CC3)CC2)n1. The van der Waals surface area contributed by atoms with Gasteiger partial charge in [0, 0.05) is 73.2 Å². The lowest BCUT2D eigenvalue weighted by atomic mass is 9.78. The number of anilines is 4. The minimum Gasteiger partial charge on any atom is -0.507 e. The van der Waals surface area contributed by atoms with Crippen LogP contribution in [0.1, 0.15) is 92.9 Å². The molecule has 2 aromatic carbocycles. The molecule has 0 radical (unpaired) electrons. The van der Waals surface area contributed by atoms with Crippen molar-refractivity contribution in [2.24, 2.45) is 0 Å². The second-order valence-electron chi connectivity index (χ2n) is 17.2. The lowest BCUT2D eigenvalue weighted by molar-refractivity contribution is -0.134. The van der Waals surface area contributed by atoms with Crippen molar-refractivity contribution in [2.45, 2.75) is 107 Å². The standard InChI is InChI=1S/C44H51FN10O3/c45-28-6-12-40(56)34(22-28)36-23-39(42(46)51-50-36)53-24-30-9-10-31(25-53)55(30)44-47-18-14-35(48-44)27-15-19-52(20-16-27)29-7-4-26(5-8-29)32-2-1-3-37-33(32)17-21-54(37)38-11-13-41(57)49-43(38)58/h1-3,6,12,14,18,22-23,26-27,29-31,38,56H,4-5,7-11,13,15-17,19-21,24-25H2,(H2,46,51)(H,49,57,58)/t26-,29-,30-,31+,38?. The van der Waals surface area contributed by atoms with Crippen molar-refractivity contribution >= 4 is 35.0 Å². The first-order valence-electron chi connectivity index (χ1n) is 21.2. The number of carbonyl (C=O) groups excluding carboxylic acids is 2. The first-order chi connectivity index (χ1) is 28.3. The van der Waals surface area contributed by atoms with Gasteiger partial charge in [-0.3, -0.25) is 14.9 Å². The number of benzene rings is 2. The highest BCUT2D eigenvalue weighted by molar-refractivity contribution is 6.02. The summed E-state index contributed by atoms with van der Waals surface area (Å²) < 4.78 is 14.1. The van der Waals surface area contributed by atoms with Gasteiger partial charge >= 0.3 is 0 Å². The van der Waals surface area contributed by atoms with Crippen LogP contribution >= 0.6 is 0 Å². The van der Waals surface area contributed by atoms with Gasteiger partial charge in [-0.1, -0.05) is 12.1 Å². The van der Waals surface area contributed by atoms with Gasteiger partial charge in [0.25, 0.3) is 0 Å². The van der Waals surface area contributed by atoms with Gasteiger partial charge in [-0.25, -0.2) is 14.4 Å². The predicted octanol–water partition coefficient (Wildman–Crippen LogP) is 5.29. The summed E-state index contributed by atoms with van der Waals surface area (Å²) in [5.74, 6) is 1.24. The van der Waals surface area contributed by atoms with Gasteiger partial charge in [0.2, 0.25) is 17.8 Å². The molecule has 6 aliphatic rings. The number of nitrogens with one attached hydrogen (secondary N) is 1. The van der Waals surface area contributed by atoms with E-state index in [0.29, 0.717) is 42.2 Å². The number of hydrogen-bond acceptors (Lipinski definition) is 12. The lowest BCUT2D eigenvalue weighted by Gasteiger charge is -2.42. The lowest BCUT2D eigenvalue weighted by Crippen LogP contribution is -2.54. The van der Waals surface area contributed by atoms with Crippen molar-refractivity contribution < 1.29 is 19.1 Å². The number of nitrogen functional groups attached to an aromatic ring is 1. The molecule has 0 spiro atoms. The number of aromatic hydroxyl groups is 1. The van der Waals surface area contributed by atoms with Crippen LogP contribution in [-0.2, 0) is 16.0 Å². The highest BCUT2D eigenvalue weighted by Gasteiger charge is 2.43. The second kappa shape index (κ2) is 15.1. The molecule has 3 atom stereocenters. The number of nitrogens with two attached hydrogens (primary N) is 1. The van der Waals surface area contributed by atoms with E-state index in [1.807, 2.05) is 6.20 Å². The van der Waals surface area contributed by atoms with Crippen LogP contribution in [0.4, 0.5) is 27.5 Å². The average molecular weight is 787 g/mol. The summed E-state index contributed by atoms with van der Waals surface area (Å²) in [6, 6.07) is 15.1. The van der Waals surface area contributed by atoms with E-state index < -0.39 is 5.82 Å². The van der Waals surface area contributed by atoms with Crippen molar-refractivity contribution in [3.05, 3.63) is 77.4 Å². The summed E-state index contributed by atoms with van der Waals surface area (Å²) in [6.07, 6.45) is 12.9. The number of hydrogen-bond donors (Lipinski definition) is 3. The summed E-state index contributed by atoms with van der Waals surface area (Å²) in [5, 5.41) is 21.3. The smallest absolute Gasteiger partial charge is 0.249 e. The Morgan fingerprint density at radius 3 is 2.34 bits per heavy atom. The Morgan fingerprint density at radius 2 is 1.57 bits per heavy atom. The average Bonchev–Trinajstić information content (AvgIpc) is 3.79. The number of phenols is 1. The largest absolute Gasteiger partial charge is 0.507 e. The number of fused-ring (bicyclic) bond motifs is 3. The summed E-state index contributed by atoms with van der Waals surface area (Å²) >= 11 is 0. The Labute approximate surface area is 337 Å². The quantitative estimate of drug-likeness (QED) is 0.209. The number of halogens is 1. The molecule has 5 aliphatic heterocycles. The third-order valence-corrected chi connectivity index (χ3v) is 14.0. The van der Waals surface area contributed by atoms with E-state index in [0.717, 1.165) is 82.2 Å². The Kier molecular flexibility index (Phi) is 9.61. The Hall–Kier alpha value is -5.37. The van der Waals surface area contributed by atoms with E-state index in [4.69, 9.17) is 15.7 Å². The highest BCUT2D eigenvalue weighted by Crippen LogP contribution is 2.44. The van der Waals surface area contributed by atoms with Crippen molar-refractivity contribution in [1.82, 2.24) is 30.4 Å². The molecule has 10 rings (SSSR count). The number of imide groups is 1. The van der Waals surface area contributed by atoms with Gasteiger partial charge in [0.15, 0.2) is 5.82 Å². The van der Waals surface area contributed by atoms with Crippen LogP contribution in [0.2, 0.25) is 0 Å². The van der Waals surface area contributed by atoms with E-state index in [9.17, 15) is 19.1 Å². The minimum atomic E-state index is -0.457.